The lowest BCUT2D eigenvalue weighted by Crippen LogP contribution is -2.10. The topological polar surface area (TPSA) is 54.2 Å². The highest BCUT2D eigenvalue weighted by molar-refractivity contribution is 5.50. The molecule has 0 spiro atoms. The summed E-state index contributed by atoms with van der Waals surface area (Å²) in [6.07, 6.45) is 0.846. The first kappa shape index (κ1) is 14.5. The molecular formula is C15H22N4O. The molecule has 0 atom stereocenters. The molecule has 0 amide bonds. The quantitative estimate of drug-likeness (QED) is 0.906. The van der Waals surface area contributed by atoms with Crippen LogP contribution in [-0.4, -0.2) is 34.2 Å². The minimum Gasteiger partial charge on any atom is -0.390 e. The molecule has 0 bridgehead atoms. The van der Waals surface area contributed by atoms with Crippen molar-refractivity contribution in [1.82, 2.24) is 15.0 Å². The van der Waals surface area contributed by atoms with Crippen molar-refractivity contribution in [2.45, 2.75) is 26.9 Å². The summed E-state index contributed by atoms with van der Waals surface area (Å²) in [7, 11) is 4.02. The number of anilines is 1. The van der Waals surface area contributed by atoms with Crippen LogP contribution < -0.4 is 4.90 Å². The van der Waals surface area contributed by atoms with Gasteiger partial charge in [-0.3, -0.25) is 0 Å². The van der Waals surface area contributed by atoms with Crippen LogP contribution in [0.1, 0.15) is 25.2 Å². The standard InChI is InChI=1S/C15H22N4O/c1-11(2)9-15-14(10-20)16-17-19(15)13-7-5-12(6-8-13)18(3)4/h5-8,11,20H,9-10H2,1-4H3. The van der Waals surface area contributed by atoms with Crippen molar-refractivity contribution < 1.29 is 5.11 Å². The molecule has 0 aliphatic heterocycles. The Balaban J connectivity index is 2.38. The predicted octanol–water partition coefficient (Wildman–Crippen LogP) is 2.02. The lowest BCUT2D eigenvalue weighted by Gasteiger charge is -2.14. The molecule has 1 aromatic carbocycles. The highest BCUT2D eigenvalue weighted by Gasteiger charge is 2.14. The van der Waals surface area contributed by atoms with Crippen molar-refractivity contribution in [2.75, 3.05) is 19.0 Å². The molecule has 108 valence electrons. The first-order valence-corrected chi connectivity index (χ1v) is 6.85. The van der Waals surface area contributed by atoms with E-state index in [1.165, 1.54) is 0 Å². The Morgan fingerprint density at radius 3 is 2.35 bits per heavy atom. The Morgan fingerprint density at radius 1 is 1.20 bits per heavy atom. The molecule has 2 aromatic rings. The fourth-order valence-corrected chi connectivity index (χ4v) is 2.15. The minimum atomic E-state index is -0.0716. The zero-order chi connectivity index (χ0) is 14.7. The van der Waals surface area contributed by atoms with Gasteiger partial charge in [-0.1, -0.05) is 19.1 Å². The van der Waals surface area contributed by atoms with Gasteiger partial charge in [-0.05, 0) is 36.6 Å². The smallest absolute Gasteiger partial charge is 0.112 e. The summed E-state index contributed by atoms with van der Waals surface area (Å²) in [5.41, 5.74) is 3.76. The number of benzene rings is 1. The van der Waals surface area contributed by atoms with E-state index in [2.05, 4.69) is 41.2 Å². The van der Waals surface area contributed by atoms with Crippen molar-refractivity contribution in [3.05, 3.63) is 35.7 Å². The molecule has 0 radical (unpaired) electrons. The zero-order valence-corrected chi connectivity index (χ0v) is 12.5. The second-order valence-electron chi connectivity index (χ2n) is 5.56. The summed E-state index contributed by atoms with van der Waals surface area (Å²) in [6, 6.07) is 8.15. The highest BCUT2D eigenvalue weighted by Crippen LogP contribution is 2.19. The fraction of sp³-hybridized carbons (Fsp3) is 0.467. The van der Waals surface area contributed by atoms with Crippen molar-refractivity contribution in [2.24, 2.45) is 5.92 Å². The molecule has 5 heteroatoms. The van der Waals surface area contributed by atoms with Gasteiger partial charge in [-0.2, -0.15) is 0 Å². The van der Waals surface area contributed by atoms with E-state index in [1.54, 1.807) is 0 Å². The zero-order valence-electron chi connectivity index (χ0n) is 12.5. The maximum absolute atomic E-state index is 9.39. The van der Waals surface area contributed by atoms with Gasteiger partial charge in [-0.15, -0.1) is 5.10 Å². The van der Waals surface area contributed by atoms with Crippen LogP contribution in [-0.2, 0) is 13.0 Å². The van der Waals surface area contributed by atoms with Crippen molar-refractivity contribution >= 4 is 5.69 Å². The van der Waals surface area contributed by atoms with Crippen LogP contribution in [0.3, 0.4) is 0 Å². The van der Waals surface area contributed by atoms with Gasteiger partial charge in [0.25, 0.3) is 0 Å². The Labute approximate surface area is 119 Å². The van der Waals surface area contributed by atoms with Gasteiger partial charge in [0, 0.05) is 19.8 Å². The van der Waals surface area contributed by atoms with E-state index in [1.807, 2.05) is 30.9 Å². The van der Waals surface area contributed by atoms with Crippen molar-refractivity contribution in [3.8, 4) is 5.69 Å². The summed E-state index contributed by atoms with van der Waals surface area (Å²) < 4.78 is 1.82. The number of hydrogen-bond donors (Lipinski definition) is 1. The third-order valence-electron chi connectivity index (χ3n) is 3.21. The van der Waals surface area contributed by atoms with Gasteiger partial charge in [0.05, 0.1) is 18.0 Å². The first-order chi connectivity index (χ1) is 9.52. The monoisotopic (exact) mass is 274 g/mol. The molecule has 2 rings (SSSR count). The largest absolute Gasteiger partial charge is 0.390 e. The predicted molar refractivity (Wildman–Crippen MR) is 80.2 cm³/mol. The number of hydrogen-bond acceptors (Lipinski definition) is 4. The Kier molecular flexibility index (Phi) is 4.39. The summed E-state index contributed by atoms with van der Waals surface area (Å²) >= 11 is 0. The van der Waals surface area contributed by atoms with Gasteiger partial charge in [0.2, 0.25) is 0 Å². The molecule has 1 aromatic heterocycles. The SMILES string of the molecule is CC(C)Cc1c(CO)nnn1-c1ccc(N(C)C)cc1. The highest BCUT2D eigenvalue weighted by atomic mass is 16.3. The first-order valence-electron chi connectivity index (χ1n) is 6.85. The van der Waals surface area contributed by atoms with Crippen molar-refractivity contribution in [3.63, 3.8) is 0 Å². The van der Waals surface area contributed by atoms with E-state index in [4.69, 9.17) is 0 Å². The van der Waals surface area contributed by atoms with Crippen LogP contribution in [0.5, 0.6) is 0 Å². The second-order valence-corrected chi connectivity index (χ2v) is 5.56. The lowest BCUT2D eigenvalue weighted by molar-refractivity contribution is 0.275. The van der Waals surface area contributed by atoms with Gasteiger partial charge in [0.15, 0.2) is 0 Å². The minimum absolute atomic E-state index is 0.0716. The van der Waals surface area contributed by atoms with E-state index in [0.717, 1.165) is 23.5 Å². The molecule has 0 aliphatic carbocycles. The molecule has 0 aliphatic rings. The third kappa shape index (κ3) is 2.99. The second kappa shape index (κ2) is 6.05. The number of aromatic nitrogens is 3. The van der Waals surface area contributed by atoms with E-state index < -0.39 is 0 Å². The molecule has 20 heavy (non-hydrogen) atoms. The number of rotatable bonds is 5. The number of aliphatic hydroxyl groups excluding tert-OH is 1. The number of nitrogens with zero attached hydrogens (tertiary/aromatic N) is 4. The molecule has 0 unspecified atom stereocenters. The summed E-state index contributed by atoms with van der Waals surface area (Å²) in [5, 5.41) is 17.6. The maximum atomic E-state index is 9.39. The Morgan fingerprint density at radius 2 is 1.85 bits per heavy atom. The van der Waals surface area contributed by atoms with Crippen LogP contribution in [0.25, 0.3) is 5.69 Å². The molecular weight excluding hydrogens is 252 g/mol. The summed E-state index contributed by atoms with van der Waals surface area (Å²) in [4.78, 5) is 2.05. The molecule has 0 fully saturated rings. The third-order valence-corrected chi connectivity index (χ3v) is 3.21. The molecule has 0 saturated carbocycles. The lowest BCUT2D eigenvalue weighted by atomic mass is 10.1. The van der Waals surface area contributed by atoms with Gasteiger partial charge in [0.1, 0.15) is 5.69 Å². The fourth-order valence-electron chi connectivity index (χ4n) is 2.15. The van der Waals surface area contributed by atoms with E-state index in [0.29, 0.717) is 11.6 Å². The average molecular weight is 274 g/mol. The van der Waals surface area contributed by atoms with Crippen LogP contribution in [0, 0.1) is 5.92 Å². The van der Waals surface area contributed by atoms with E-state index in [9.17, 15) is 5.11 Å². The average Bonchev–Trinajstić information content (AvgIpc) is 2.81. The molecule has 5 nitrogen and oxygen atoms in total. The molecule has 1 heterocycles. The summed E-state index contributed by atoms with van der Waals surface area (Å²) in [6.45, 7) is 4.22. The Hall–Kier alpha value is -1.88. The van der Waals surface area contributed by atoms with Gasteiger partial charge in [-0.25, -0.2) is 4.68 Å². The summed E-state index contributed by atoms with van der Waals surface area (Å²) in [5.74, 6) is 0.485. The Bertz CT molecular complexity index is 558. The van der Waals surface area contributed by atoms with E-state index >= 15 is 0 Å². The number of aliphatic hydroxyl groups is 1. The van der Waals surface area contributed by atoms with E-state index in [-0.39, 0.29) is 6.61 Å². The molecule has 0 saturated heterocycles. The van der Waals surface area contributed by atoms with Crippen LogP contribution in [0.15, 0.2) is 24.3 Å². The van der Waals surface area contributed by atoms with Gasteiger partial charge >= 0.3 is 0 Å². The van der Waals surface area contributed by atoms with Crippen LogP contribution >= 0.6 is 0 Å². The van der Waals surface area contributed by atoms with Crippen LogP contribution in [0.4, 0.5) is 5.69 Å². The molecule has 1 N–H and O–H groups in total. The van der Waals surface area contributed by atoms with Crippen molar-refractivity contribution in [1.29, 1.82) is 0 Å². The van der Waals surface area contributed by atoms with Gasteiger partial charge < -0.3 is 10.0 Å². The normalized spacial score (nSPS) is 11.1. The van der Waals surface area contributed by atoms with Crippen LogP contribution in [0.2, 0.25) is 0 Å². The maximum Gasteiger partial charge on any atom is 0.112 e.